The number of carbonyl (C=O) groups excluding carboxylic acids is 1. The fraction of sp³-hybridized carbons (Fsp3) is 0.120. The van der Waals surface area contributed by atoms with Crippen LogP contribution >= 0.6 is 34.7 Å². The van der Waals surface area contributed by atoms with Crippen LogP contribution in [0.15, 0.2) is 77.8 Å². The Balaban J connectivity index is 1.35. The number of benzene rings is 1. The van der Waals surface area contributed by atoms with E-state index in [1.807, 2.05) is 54.0 Å². The monoisotopic (exact) mass is 533 g/mol. The van der Waals surface area contributed by atoms with E-state index in [0.717, 1.165) is 27.4 Å². The van der Waals surface area contributed by atoms with E-state index in [-0.39, 0.29) is 5.91 Å². The van der Waals surface area contributed by atoms with Crippen LogP contribution in [-0.2, 0) is 12.3 Å². The second-order valence-electron chi connectivity index (χ2n) is 7.76. The van der Waals surface area contributed by atoms with Crippen LogP contribution in [-0.4, -0.2) is 35.6 Å². The van der Waals surface area contributed by atoms with Gasteiger partial charge in [-0.2, -0.15) is 0 Å². The van der Waals surface area contributed by atoms with E-state index < -0.39 is 0 Å². The molecule has 11 heteroatoms. The Morgan fingerprint density at radius 3 is 2.58 bits per heavy atom. The van der Waals surface area contributed by atoms with Crippen LogP contribution in [0.5, 0.6) is 0 Å². The summed E-state index contributed by atoms with van der Waals surface area (Å²) in [6, 6.07) is 13.3. The molecule has 8 nitrogen and oxygen atoms in total. The third kappa shape index (κ3) is 5.46. The average molecular weight is 534 g/mol. The zero-order valence-electron chi connectivity index (χ0n) is 19.1. The third-order valence-corrected chi connectivity index (χ3v) is 7.50. The highest BCUT2D eigenvalue weighted by Crippen LogP contribution is 2.32. The van der Waals surface area contributed by atoms with Gasteiger partial charge >= 0.3 is 0 Å². The number of hydrogen-bond acceptors (Lipinski definition) is 8. The molecule has 0 saturated heterocycles. The second-order valence-corrected chi connectivity index (χ2v) is 10.1. The van der Waals surface area contributed by atoms with Gasteiger partial charge in [0.25, 0.3) is 5.91 Å². The molecule has 0 bridgehead atoms. The molecule has 0 fully saturated rings. The first-order valence-corrected chi connectivity index (χ1v) is 13.2. The minimum absolute atomic E-state index is 0.211. The number of halogens is 1. The maximum absolute atomic E-state index is 12.5. The summed E-state index contributed by atoms with van der Waals surface area (Å²) in [6.45, 7) is 2.44. The van der Waals surface area contributed by atoms with Gasteiger partial charge in [0.15, 0.2) is 11.0 Å². The molecule has 0 atom stereocenters. The number of thiazole rings is 1. The van der Waals surface area contributed by atoms with Crippen molar-refractivity contribution in [2.24, 2.45) is 0 Å². The molecule has 0 spiro atoms. The summed E-state index contributed by atoms with van der Waals surface area (Å²) in [4.78, 5) is 25.2. The van der Waals surface area contributed by atoms with Gasteiger partial charge < -0.3 is 5.32 Å². The maximum atomic E-state index is 12.5. The highest BCUT2D eigenvalue weighted by atomic mass is 35.5. The molecule has 0 unspecified atom stereocenters. The predicted molar refractivity (Wildman–Crippen MR) is 141 cm³/mol. The van der Waals surface area contributed by atoms with E-state index in [9.17, 15) is 4.79 Å². The number of aromatic nitrogens is 6. The smallest absolute Gasteiger partial charge is 0.271 e. The number of amides is 1. The van der Waals surface area contributed by atoms with Crippen LogP contribution in [0.2, 0.25) is 5.02 Å². The minimum atomic E-state index is -0.211. The van der Waals surface area contributed by atoms with Gasteiger partial charge in [-0.25, -0.2) is 4.98 Å². The molecule has 5 rings (SSSR count). The Kier molecular flexibility index (Phi) is 7.36. The van der Waals surface area contributed by atoms with Crippen molar-refractivity contribution in [3.63, 3.8) is 0 Å². The van der Waals surface area contributed by atoms with Gasteiger partial charge in [-0.3, -0.25) is 19.3 Å². The molecule has 5 aromatic rings. The zero-order valence-corrected chi connectivity index (χ0v) is 21.5. The number of pyridine rings is 2. The van der Waals surface area contributed by atoms with E-state index in [0.29, 0.717) is 34.0 Å². The van der Waals surface area contributed by atoms with Crippen LogP contribution in [0.1, 0.15) is 26.6 Å². The number of carbonyl (C=O) groups is 1. The molecule has 180 valence electrons. The second kappa shape index (κ2) is 11.0. The number of nitrogens with one attached hydrogen (secondary N) is 1. The molecule has 4 aromatic heterocycles. The quantitative estimate of drug-likeness (QED) is 0.268. The van der Waals surface area contributed by atoms with Gasteiger partial charge in [0.2, 0.25) is 0 Å². The van der Waals surface area contributed by atoms with E-state index >= 15 is 0 Å². The van der Waals surface area contributed by atoms with Crippen molar-refractivity contribution in [1.29, 1.82) is 0 Å². The number of thioether (sulfide) groups is 1. The average Bonchev–Trinajstić information content (AvgIpc) is 3.56. The number of nitrogens with zero attached hydrogens (tertiary/aromatic N) is 6. The highest BCUT2D eigenvalue weighted by molar-refractivity contribution is 7.98. The Labute approximate surface area is 220 Å². The number of hydrogen-bond donors (Lipinski definition) is 1. The lowest BCUT2D eigenvalue weighted by atomic mass is 10.2. The summed E-state index contributed by atoms with van der Waals surface area (Å²) >= 11 is 9.27. The van der Waals surface area contributed by atoms with E-state index in [1.54, 1.807) is 30.2 Å². The van der Waals surface area contributed by atoms with Crippen molar-refractivity contribution in [2.75, 3.05) is 0 Å². The third-order valence-electron chi connectivity index (χ3n) is 5.30. The molecule has 0 aliphatic carbocycles. The van der Waals surface area contributed by atoms with Gasteiger partial charge in [0, 0.05) is 47.3 Å². The first-order valence-electron chi connectivity index (χ1n) is 10.9. The molecule has 1 aromatic carbocycles. The van der Waals surface area contributed by atoms with Crippen molar-refractivity contribution in [3.8, 4) is 17.1 Å². The van der Waals surface area contributed by atoms with E-state index in [1.165, 1.54) is 23.1 Å². The first-order chi connectivity index (χ1) is 17.6. The molecule has 0 radical (unpaired) electrons. The van der Waals surface area contributed by atoms with Gasteiger partial charge in [-0.1, -0.05) is 29.4 Å². The summed E-state index contributed by atoms with van der Waals surface area (Å²) in [7, 11) is 0. The van der Waals surface area contributed by atoms with E-state index in [4.69, 9.17) is 11.6 Å². The van der Waals surface area contributed by atoms with E-state index in [2.05, 4.69) is 30.5 Å². The zero-order chi connectivity index (χ0) is 24.9. The van der Waals surface area contributed by atoms with Crippen LogP contribution in [0, 0.1) is 6.92 Å². The summed E-state index contributed by atoms with van der Waals surface area (Å²) in [5.74, 6) is 1.02. The molecule has 36 heavy (non-hydrogen) atoms. The summed E-state index contributed by atoms with van der Waals surface area (Å²) in [5.41, 5.74) is 4.21. The topological polar surface area (TPSA) is 98.5 Å². The lowest BCUT2D eigenvalue weighted by molar-refractivity contribution is 0.0946. The van der Waals surface area contributed by atoms with Gasteiger partial charge in [-0.05, 0) is 54.4 Å². The van der Waals surface area contributed by atoms with Gasteiger partial charge in [0.1, 0.15) is 10.7 Å². The number of rotatable bonds is 8. The predicted octanol–water partition coefficient (Wildman–Crippen LogP) is 5.36. The van der Waals surface area contributed by atoms with Crippen LogP contribution in [0.25, 0.3) is 17.1 Å². The Morgan fingerprint density at radius 2 is 1.81 bits per heavy atom. The lowest BCUT2D eigenvalue weighted by Crippen LogP contribution is -2.23. The summed E-state index contributed by atoms with van der Waals surface area (Å²) < 4.78 is 2.00. The molecule has 1 amide bonds. The Bertz CT molecular complexity index is 1490. The van der Waals surface area contributed by atoms with Gasteiger partial charge in [-0.15, -0.1) is 21.5 Å². The molecule has 1 N–H and O–H groups in total. The minimum Gasteiger partial charge on any atom is -0.347 e. The fourth-order valence-corrected chi connectivity index (χ4v) is 5.38. The molecule has 4 heterocycles. The standard InChI is InChI=1S/C25H20ClN7OS2/c1-16-2-3-19(26)12-21(16)33-23(18-6-10-28-11-7-18)31-32-25(33)36-15-22-30-20(14-35-22)24(34)29-13-17-4-8-27-9-5-17/h2-12,14H,13,15H2,1H3,(H,29,34). The number of aryl methyl sites for hydroxylation is 1. The van der Waals surface area contributed by atoms with Crippen molar-refractivity contribution < 1.29 is 4.79 Å². The Hall–Kier alpha value is -3.60. The molecular formula is C25H20ClN7OS2. The summed E-state index contributed by atoms with van der Waals surface area (Å²) in [6.07, 6.45) is 6.85. The van der Waals surface area contributed by atoms with Crippen LogP contribution in [0.4, 0.5) is 0 Å². The fourth-order valence-electron chi connectivity index (χ4n) is 3.47. The Morgan fingerprint density at radius 1 is 1.06 bits per heavy atom. The van der Waals surface area contributed by atoms with Crippen molar-refractivity contribution in [1.82, 2.24) is 35.0 Å². The lowest BCUT2D eigenvalue weighted by Gasteiger charge is -2.13. The first kappa shape index (κ1) is 24.1. The van der Waals surface area contributed by atoms with Crippen molar-refractivity contribution >= 4 is 40.6 Å². The molecular weight excluding hydrogens is 514 g/mol. The maximum Gasteiger partial charge on any atom is 0.271 e. The highest BCUT2D eigenvalue weighted by Gasteiger charge is 2.19. The van der Waals surface area contributed by atoms with Crippen LogP contribution in [0.3, 0.4) is 0 Å². The van der Waals surface area contributed by atoms with Crippen molar-refractivity contribution in [3.05, 3.63) is 99.5 Å². The molecule has 0 aliphatic heterocycles. The molecule has 0 saturated carbocycles. The summed E-state index contributed by atoms with van der Waals surface area (Å²) in [5, 5.41) is 15.7. The normalized spacial score (nSPS) is 10.9. The molecule has 0 aliphatic rings. The van der Waals surface area contributed by atoms with Crippen molar-refractivity contribution in [2.45, 2.75) is 24.4 Å². The van der Waals surface area contributed by atoms with Crippen LogP contribution < -0.4 is 5.32 Å². The van der Waals surface area contributed by atoms with Gasteiger partial charge in [0.05, 0.1) is 11.4 Å². The largest absolute Gasteiger partial charge is 0.347 e. The SMILES string of the molecule is Cc1ccc(Cl)cc1-n1c(SCc2nc(C(=O)NCc3ccncc3)cs2)nnc1-c1ccncc1.